The molecule has 0 aliphatic carbocycles. The van der Waals surface area contributed by atoms with Gasteiger partial charge in [-0.05, 0) is 11.6 Å². The standard InChI is InChI=1S/C20H20FN3O2/c1-23(14-16-9-5-6-10-17(16)21)20(26)18-11-12-19(25)24(22-18)13-15-7-3-2-4-8-15/h2-10H,11-14H2,1H3. The summed E-state index contributed by atoms with van der Waals surface area (Å²) in [6, 6.07) is 15.8. The second-order valence-electron chi connectivity index (χ2n) is 6.24. The Bertz CT molecular complexity index is 836. The van der Waals surface area contributed by atoms with Crippen LogP contribution in [-0.4, -0.2) is 34.5 Å². The Balaban J connectivity index is 1.72. The molecular formula is C20H20FN3O2. The van der Waals surface area contributed by atoms with Crippen molar-refractivity contribution in [3.63, 3.8) is 0 Å². The van der Waals surface area contributed by atoms with Crippen LogP contribution in [-0.2, 0) is 22.7 Å². The van der Waals surface area contributed by atoms with E-state index in [0.29, 0.717) is 24.2 Å². The molecule has 0 unspecified atom stereocenters. The van der Waals surface area contributed by atoms with Gasteiger partial charge in [-0.25, -0.2) is 9.40 Å². The molecule has 134 valence electrons. The van der Waals surface area contributed by atoms with Gasteiger partial charge >= 0.3 is 0 Å². The molecule has 5 nitrogen and oxygen atoms in total. The van der Waals surface area contributed by atoms with Crippen molar-refractivity contribution >= 4 is 17.5 Å². The number of carbonyl (C=O) groups is 2. The quantitative estimate of drug-likeness (QED) is 0.830. The fourth-order valence-corrected chi connectivity index (χ4v) is 2.81. The molecule has 0 saturated heterocycles. The molecule has 6 heteroatoms. The summed E-state index contributed by atoms with van der Waals surface area (Å²) in [5.41, 5.74) is 1.70. The van der Waals surface area contributed by atoms with Crippen molar-refractivity contribution < 1.29 is 14.0 Å². The van der Waals surface area contributed by atoms with Crippen LogP contribution in [0, 0.1) is 5.82 Å². The van der Waals surface area contributed by atoms with Crippen molar-refractivity contribution in [2.75, 3.05) is 7.05 Å². The summed E-state index contributed by atoms with van der Waals surface area (Å²) >= 11 is 0. The minimum atomic E-state index is -0.349. The fourth-order valence-electron chi connectivity index (χ4n) is 2.81. The molecule has 2 amide bonds. The minimum Gasteiger partial charge on any atom is -0.336 e. The van der Waals surface area contributed by atoms with E-state index in [9.17, 15) is 14.0 Å². The lowest BCUT2D eigenvalue weighted by Crippen LogP contribution is -2.39. The predicted octanol–water partition coefficient (Wildman–Crippen LogP) is 2.96. The lowest BCUT2D eigenvalue weighted by Gasteiger charge is -2.25. The average molecular weight is 353 g/mol. The Kier molecular flexibility index (Phi) is 5.41. The molecule has 1 aliphatic heterocycles. The highest BCUT2D eigenvalue weighted by Gasteiger charge is 2.26. The number of halogens is 1. The number of carbonyl (C=O) groups excluding carboxylic acids is 2. The summed E-state index contributed by atoms with van der Waals surface area (Å²) in [5, 5.41) is 5.59. The number of hydrazone groups is 1. The number of rotatable bonds is 5. The lowest BCUT2D eigenvalue weighted by atomic mass is 10.1. The maximum Gasteiger partial charge on any atom is 0.270 e. The smallest absolute Gasteiger partial charge is 0.270 e. The van der Waals surface area contributed by atoms with Crippen molar-refractivity contribution in [1.29, 1.82) is 0 Å². The van der Waals surface area contributed by atoms with Crippen molar-refractivity contribution in [3.05, 3.63) is 71.5 Å². The van der Waals surface area contributed by atoms with Gasteiger partial charge in [0.15, 0.2) is 0 Å². The van der Waals surface area contributed by atoms with Gasteiger partial charge in [-0.3, -0.25) is 9.59 Å². The van der Waals surface area contributed by atoms with Gasteiger partial charge in [-0.15, -0.1) is 0 Å². The minimum absolute atomic E-state index is 0.109. The van der Waals surface area contributed by atoms with Crippen LogP contribution >= 0.6 is 0 Å². The molecule has 2 aromatic rings. The summed E-state index contributed by atoms with van der Waals surface area (Å²) in [6.45, 7) is 0.477. The topological polar surface area (TPSA) is 53.0 Å². The zero-order valence-corrected chi connectivity index (χ0v) is 14.6. The number of hydrogen-bond donors (Lipinski definition) is 0. The fraction of sp³-hybridized carbons (Fsp3) is 0.250. The van der Waals surface area contributed by atoms with Crippen molar-refractivity contribution in [2.24, 2.45) is 5.10 Å². The van der Waals surface area contributed by atoms with E-state index in [1.54, 1.807) is 25.2 Å². The molecule has 0 spiro atoms. The molecule has 0 bridgehead atoms. The van der Waals surface area contributed by atoms with Gasteiger partial charge < -0.3 is 4.90 Å². The normalized spacial score (nSPS) is 14.2. The van der Waals surface area contributed by atoms with Crippen molar-refractivity contribution in [2.45, 2.75) is 25.9 Å². The van der Waals surface area contributed by atoms with E-state index < -0.39 is 0 Å². The maximum absolute atomic E-state index is 13.8. The molecule has 0 aromatic heterocycles. The molecule has 0 saturated carbocycles. The monoisotopic (exact) mass is 353 g/mol. The van der Waals surface area contributed by atoms with Crippen LogP contribution < -0.4 is 0 Å². The van der Waals surface area contributed by atoms with E-state index in [4.69, 9.17) is 0 Å². The lowest BCUT2D eigenvalue weighted by molar-refractivity contribution is -0.132. The summed E-state index contributed by atoms with van der Waals surface area (Å²) in [5.74, 6) is -0.750. The first kappa shape index (κ1) is 17.8. The van der Waals surface area contributed by atoms with Gasteiger partial charge in [0.2, 0.25) is 5.91 Å². The van der Waals surface area contributed by atoms with Crippen LogP contribution in [0.2, 0.25) is 0 Å². The van der Waals surface area contributed by atoms with Crippen LogP contribution in [0.4, 0.5) is 4.39 Å². The number of benzene rings is 2. The second-order valence-corrected chi connectivity index (χ2v) is 6.24. The summed E-state index contributed by atoms with van der Waals surface area (Å²) in [7, 11) is 1.61. The average Bonchev–Trinajstić information content (AvgIpc) is 2.65. The first-order valence-corrected chi connectivity index (χ1v) is 8.45. The van der Waals surface area contributed by atoms with Crippen LogP contribution in [0.1, 0.15) is 24.0 Å². The van der Waals surface area contributed by atoms with Crippen LogP contribution in [0.15, 0.2) is 59.7 Å². The van der Waals surface area contributed by atoms with Crippen LogP contribution in [0.3, 0.4) is 0 Å². The van der Waals surface area contributed by atoms with Gasteiger partial charge in [0.05, 0.1) is 6.54 Å². The van der Waals surface area contributed by atoms with E-state index in [1.807, 2.05) is 30.3 Å². The molecule has 0 atom stereocenters. The van der Waals surface area contributed by atoms with Crippen LogP contribution in [0.25, 0.3) is 0 Å². The van der Waals surface area contributed by atoms with Gasteiger partial charge in [0, 0.05) is 32.0 Å². The van der Waals surface area contributed by atoms with Gasteiger partial charge in [0.1, 0.15) is 11.5 Å². The summed E-state index contributed by atoms with van der Waals surface area (Å²) < 4.78 is 13.8. The molecule has 1 heterocycles. The molecule has 0 fully saturated rings. The predicted molar refractivity (Wildman–Crippen MR) is 96.5 cm³/mol. The third-order valence-electron chi connectivity index (χ3n) is 4.24. The third kappa shape index (κ3) is 4.14. The SMILES string of the molecule is CN(Cc1ccccc1F)C(=O)C1=NN(Cc2ccccc2)C(=O)CC1. The summed E-state index contributed by atoms with van der Waals surface area (Å²) in [4.78, 5) is 26.2. The zero-order chi connectivity index (χ0) is 18.5. The summed E-state index contributed by atoms with van der Waals surface area (Å²) in [6.07, 6.45) is 0.537. The number of hydrogen-bond acceptors (Lipinski definition) is 3. The Morgan fingerprint density at radius 3 is 2.54 bits per heavy atom. The van der Waals surface area contributed by atoms with E-state index in [1.165, 1.54) is 16.0 Å². The van der Waals surface area contributed by atoms with Gasteiger partial charge in [-0.1, -0.05) is 48.5 Å². The maximum atomic E-state index is 13.8. The molecule has 0 N–H and O–H groups in total. The Morgan fingerprint density at radius 1 is 1.12 bits per heavy atom. The number of amides is 2. The van der Waals surface area contributed by atoms with E-state index in [2.05, 4.69) is 5.10 Å². The molecule has 3 rings (SSSR count). The molecular weight excluding hydrogens is 333 g/mol. The zero-order valence-electron chi connectivity index (χ0n) is 14.6. The first-order chi connectivity index (χ1) is 12.5. The Labute approximate surface area is 151 Å². The van der Waals surface area contributed by atoms with E-state index in [-0.39, 0.29) is 30.6 Å². The van der Waals surface area contributed by atoms with Gasteiger partial charge in [0.25, 0.3) is 5.91 Å². The second kappa shape index (κ2) is 7.91. The number of nitrogens with zero attached hydrogens (tertiary/aromatic N) is 3. The molecule has 26 heavy (non-hydrogen) atoms. The highest BCUT2D eigenvalue weighted by molar-refractivity contribution is 6.39. The largest absolute Gasteiger partial charge is 0.336 e. The molecule has 0 radical (unpaired) electrons. The molecule has 2 aromatic carbocycles. The first-order valence-electron chi connectivity index (χ1n) is 8.45. The Hall–Kier alpha value is -3.02. The van der Waals surface area contributed by atoms with Crippen molar-refractivity contribution in [3.8, 4) is 0 Å². The highest BCUT2D eigenvalue weighted by Crippen LogP contribution is 2.16. The molecule has 1 aliphatic rings. The van der Waals surface area contributed by atoms with E-state index >= 15 is 0 Å². The van der Waals surface area contributed by atoms with Crippen molar-refractivity contribution in [1.82, 2.24) is 9.91 Å². The van der Waals surface area contributed by atoms with E-state index in [0.717, 1.165) is 5.56 Å². The highest BCUT2D eigenvalue weighted by atomic mass is 19.1. The van der Waals surface area contributed by atoms with Crippen LogP contribution in [0.5, 0.6) is 0 Å². The third-order valence-corrected chi connectivity index (χ3v) is 4.24. The Morgan fingerprint density at radius 2 is 1.81 bits per heavy atom. The van der Waals surface area contributed by atoms with Gasteiger partial charge in [-0.2, -0.15) is 5.10 Å².